The molecule has 2 nitrogen and oxygen atoms in total. The Kier molecular flexibility index (Phi) is 6.66. The number of rotatable bonds is 3. The van der Waals surface area contributed by atoms with Gasteiger partial charge in [-0.25, -0.2) is 0 Å². The third-order valence-corrected chi connectivity index (χ3v) is 2.69. The molecule has 1 fully saturated rings. The van der Waals surface area contributed by atoms with Crippen molar-refractivity contribution < 1.29 is 4.74 Å². The summed E-state index contributed by atoms with van der Waals surface area (Å²) in [6.07, 6.45) is 2.49. The Morgan fingerprint density at radius 2 is 1.75 bits per heavy atom. The molecule has 0 aliphatic carbocycles. The van der Waals surface area contributed by atoms with Gasteiger partial charge >= 0.3 is 0 Å². The second kappa shape index (κ2) is 8.17. The fraction of sp³-hybridized carbons (Fsp3) is 0.571. The van der Waals surface area contributed by atoms with Crippen LogP contribution in [0.4, 0.5) is 0 Å². The zero-order valence-electron chi connectivity index (χ0n) is 10.4. The number of ether oxygens (including phenoxy) is 1. The first-order valence-electron chi connectivity index (χ1n) is 6.34. The van der Waals surface area contributed by atoms with Crippen LogP contribution in [0.15, 0.2) is 30.3 Å². The minimum atomic E-state index is 0.733. The molecule has 0 radical (unpaired) electrons. The first-order valence-corrected chi connectivity index (χ1v) is 6.34. The second-order valence-electron chi connectivity index (χ2n) is 3.82. The summed E-state index contributed by atoms with van der Waals surface area (Å²) in [5.74, 6) is 1.72. The average molecular weight is 221 g/mol. The molecule has 2 heteroatoms. The molecule has 1 aromatic carbocycles. The molecular formula is C14H23NO. The molecule has 1 N–H and O–H groups in total. The van der Waals surface area contributed by atoms with Crippen molar-refractivity contribution in [2.45, 2.75) is 26.7 Å². The van der Waals surface area contributed by atoms with Gasteiger partial charge in [-0.1, -0.05) is 32.0 Å². The largest absolute Gasteiger partial charge is 0.493 e. The molecule has 0 bridgehead atoms. The van der Waals surface area contributed by atoms with E-state index in [1.54, 1.807) is 0 Å². The lowest BCUT2D eigenvalue weighted by Crippen LogP contribution is -2.30. The molecular weight excluding hydrogens is 198 g/mol. The molecule has 1 aliphatic heterocycles. The Bertz CT molecular complexity index is 255. The van der Waals surface area contributed by atoms with Crippen molar-refractivity contribution in [1.82, 2.24) is 5.32 Å². The van der Waals surface area contributed by atoms with Crippen LogP contribution in [0, 0.1) is 5.92 Å². The maximum absolute atomic E-state index is 5.72. The van der Waals surface area contributed by atoms with Gasteiger partial charge in [-0.2, -0.15) is 0 Å². The predicted molar refractivity (Wildman–Crippen MR) is 68.9 cm³/mol. The summed E-state index contributed by atoms with van der Waals surface area (Å²) in [7, 11) is 0. The first kappa shape index (κ1) is 13.0. The standard InChI is InChI=1S/C12H17NO.C2H6/c1-2-4-12(5-3-1)14-10-11-6-8-13-9-7-11;1-2/h1-5,11,13H,6-10H2;1-2H3. The number of hydrogen-bond donors (Lipinski definition) is 1. The highest BCUT2D eigenvalue weighted by molar-refractivity contribution is 5.20. The fourth-order valence-electron chi connectivity index (χ4n) is 1.78. The van der Waals surface area contributed by atoms with Crippen molar-refractivity contribution in [3.05, 3.63) is 30.3 Å². The summed E-state index contributed by atoms with van der Waals surface area (Å²) in [5, 5.41) is 3.36. The van der Waals surface area contributed by atoms with Gasteiger partial charge in [0.25, 0.3) is 0 Å². The third-order valence-electron chi connectivity index (χ3n) is 2.69. The number of piperidine rings is 1. The zero-order chi connectivity index (χ0) is 11.6. The highest BCUT2D eigenvalue weighted by atomic mass is 16.5. The Morgan fingerprint density at radius 1 is 1.12 bits per heavy atom. The van der Waals surface area contributed by atoms with E-state index >= 15 is 0 Å². The molecule has 0 unspecified atom stereocenters. The third kappa shape index (κ3) is 4.67. The van der Waals surface area contributed by atoms with Crippen molar-refractivity contribution in [2.75, 3.05) is 19.7 Å². The number of benzene rings is 1. The highest BCUT2D eigenvalue weighted by Crippen LogP contribution is 2.15. The Morgan fingerprint density at radius 3 is 2.38 bits per heavy atom. The van der Waals surface area contributed by atoms with Crippen LogP contribution in [-0.4, -0.2) is 19.7 Å². The van der Waals surface area contributed by atoms with Crippen molar-refractivity contribution in [3.8, 4) is 5.75 Å². The molecule has 0 spiro atoms. The van der Waals surface area contributed by atoms with Crippen molar-refractivity contribution in [1.29, 1.82) is 0 Å². The molecule has 0 atom stereocenters. The number of para-hydroxylation sites is 1. The lowest BCUT2D eigenvalue weighted by atomic mass is 9.99. The molecule has 16 heavy (non-hydrogen) atoms. The molecule has 90 valence electrons. The van der Waals surface area contributed by atoms with E-state index in [4.69, 9.17) is 4.74 Å². The number of nitrogens with one attached hydrogen (secondary N) is 1. The summed E-state index contributed by atoms with van der Waals surface area (Å²) >= 11 is 0. The van der Waals surface area contributed by atoms with Gasteiger partial charge < -0.3 is 10.1 Å². The van der Waals surface area contributed by atoms with Gasteiger partial charge in [0.15, 0.2) is 0 Å². The second-order valence-corrected chi connectivity index (χ2v) is 3.82. The lowest BCUT2D eigenvalue weighted by molar-refractivity contribution is 0.215. The van der Waals surface area contributed by atoms with E-state index in [1.807, 2.05) is 44.2 Å². The summed E-state index contributed by atoms with van der Waals surface area (Å²) in [4.78, 5) is 0. The van der Waals surface area contributed by atoms with Crippen molar-refractivity contribution in [3.63, 3.8) is 0 Å². The lowest BCUT2D eigenvalue weighted by Gasteiger charge is -2.22. The summed E-state index contributed by atoms with van der Waals surface area (Å²) in [6.45, 7) is 7.15. The van der Waals surface area contributed by atoms with Crippen molar-refractivity contribution in [2.24, 2.45) is 5.92 Å². The zero-order valence-corrected chi connectivity index (χ0v) is 10.4. The van der Waals surface area contributed by atoms with Gasteiger partial charge in [-0.05, 0) is 44.0 Å². The van der Waals surface area contributed by atoms with Crippen LogP contribution in [0.1, 0.15) is 26.7 Å². The van der Waals surface area contributed by atoms with Gasteiger partial charge in [0, 0.05) is 0 Å². The van der Waals surface area contributed by atoms with E-state index in [-0.39, 0.29) is 0 Å². The highest BCUT2D eigenvalue weighted by Gasteiger charge is 2.13. The van der Waals surface area contributed by atoms with Crippen molar-refractivity contribution >= 4 is 0 Å². The number of hydrogen-bond acceptors (Lipinski definition) is 2. The van der Waals surface area contributed by atoms with Gasteiger partial charge in [0.05, 0.1) is 6.61 Å². The fourth-order valence-corrected chi connectivity index (χ4v) is 1.78. The van der Waals surface area contributed by atoms with Gasteiger partial charge in [-0.3, -0.25) is 0 Å². The van der Waals surface area contributed by atoms with Crippen LogP contribution in [0.3, 0.4) is 0 Å². The van der Waals surface area contributed by atoms with E-state index in [0.717, 1.165) is 31.4 Å². The van der Waals surface area contributed by atoms with Crippen LogP contribution in [0.5, 0.6) is 5.75 Å². The van der Waals surface area contributed by atoms with Gasteiger partial charge in [0.2, 0.25) is 0 Å². The monoisotopic (exact) mass is 221 g/mol. The molecule has 2 rings (SSSR count). The normalized spacial score (nSPS) is 16.1. The molecule has 0 saturated carbocycles. The topological polar surface area (TPSA) is 21.3 Å². The van der Waals surface area contributed by atoms with Crippen LogP contribution in [0.2, 0.25) is 0 Å². The average Bonchev–Trinajstić information content (AvgIpc) is 2.41. The molecule has 1 aliphatic rings. The minimum Gasteiger partial charge on any atom is -0.493 e. The summed E-state index contributed by atoms with van der Waals surface area (Å²) < 4.78 is 5.72. The SMILES string of the molecule is CC.c1ccc(OCC2CCNCC2)cc1. The Balaban J connectivity index is 0.000000606. The smallest absolute Gasteiger partial charge is 0.119 e. The van der Waals surface area contributed by atoms with Gasteiger partial charge in [0.1, 0.15) is 5.75 Å². The van der Waals surface area contributed by atoms with Crippen LogP contribution in [0.25, 0.3) is 0 Å². The van der Waals surface area contributed by atoms with E-state index in [9.17, 15) is 0 Å². The van der Waals surface area contributed by atoms with E-state index in [0.29, 0.717) is 0 Å². The van der Waals surface area contributed by atoms with E-state index in [1.165, 1.54) is 12.8 Å². The van der Waals surface area contributed by atoms with Gasteiger partial charge in [-0.15, -0.1) is 0 Å². The first-order chi connectivity index (χ1) is 7.95. The maximum Gasteiger partial charge on any atom is 0.119 e. The summed E-state index contributed by atoms with van der Waals surface area (Å²) in [6, 6.07) is 10.1. The summed E-state index contributed by atoms with van der Waals surface area (Å²) in [5.41, 5.74) is 0. The quantitative estimate of drug-likeness (QED) is 0.847. The van der Waals surface area contributed by atoms with Crippen LogP contribution in [-0.2, 0) is 0 Å². The Labute approximate surface area is 99.0 Å². The van der Waals surface area contributed by atoms with Crippen LogP contribution < -0.4 is 10.1 Å². The van der Waals surface area contributed by atoms with E-state index < -0.39 is 0 Å². The molecule has 1 saturated heterocycles. The molecule has 0 aromatic heterocycles. The Hall–Kier alpha value is -1.02. The molecule has 1 aromatic rings. The molecule has 0 amide bonds. The minimum absolute atomic E-state index is 0.733. The predicted octanol–water partition coefficient (Wildman–Crippen LogP) is 3.09. The van der Waals surface area contributed by atoms with Crippen LogP contribution >= 0.6 is 0 Å². The molecule has 1 heterocycles. The van der Waals surface area contributed by atoms with E-state index in [2.05, 4.69) is 5.32 Å². The maximum atomic E-state index is 5.72.